The van der Waals surface area contributed by atoms with Gasteiger partial charge in [0.1, 0.15) is 6.61 Å². The van der Waals surface area contributed by atoms with Gasteiger partial charge in [0.2, 0.25) is 0 Å². The smallest absolute Gasteiger partial charge is 0.331 e. The number of aliphatic hydroxyl groups excluding tert-OH is 1. The minimum absolute atomic E-state index is 0.333. The molecule has 4 nitrogen and oxygen atoms in total. The third-order valence-corrected chi connectivity index (χ3v) is 0.639. The van der Waals surface area contributed by atoms with Crippen molar-refractivity contribution in [2.24, 2.45) is 0 Å². The van der Waals surface area contributed by atoms with Gasteiger partial charge in [-0.25, -0.2) is 4.79 Å². The van der Waals surface area contributed by atoms with Crippen molar-refractivity contribution in [2.45, 2.75) is 6.92 Å². The molecule has 1 fully saturated rings. The fourth-order valence-electron chi connectivity index (χ4n) is 0.207. The summed E-state index contributed by atoms with van der Waals surface area (Å²) in [6.45, 7) is 3.50. The Bertz CT molecular complexity index is 87.0. The van der Waals surface area contributed by atoms with E-state index in [1.54, 1.807) is 6.92 Å². The van der Waals surface area contributed by atoms with E-state index in [4.69, 9.17) is 5.11 Å². The Kier molecular flexibility index (Phi) is 6.11. The molecule has 1 heterocycles. The number of aliphatic hydroxyl groups is 1. The topological polar surface area (TPSA) is 59.1 Å². The summed E-state index contributed by atoms with van der Waals surface area (Å²) in [5.74, 6) is -0.567. The average Bonchev–Trinajstić information content (AvgIpc) is 2.73. The molecular formula is C6H12O4. The second-order valence-corrected chi connectivity index (χ2v) is 1.58. The molecule has 0 amide bonds. The van der Waals surface area contributed by atoms with Crippen LogP contribution in [0.4, 0.5) is 0 Å². The van der Waals surface area contributed by atoms with Gasteiger partial charge in [0, 0.05) is 0 Å². The molecule has 0 aromatic carbocycles. The Hall–Kier alpha value is -0.610. The summed E-state index contributed by atoms with van der Waals surface area (Å²) < 4.78 is 8.80. The van der Waals surface area contributed by atoms with Crippen molar-refractivity contribution in [2.75, 3.05) is 26.4 Å². The Morgan fingerprint density at radius 3 is 2.30 bits per heavy atom. The molecule has 1 saturated heterocycles. The van der Waals surface area contributed by atoms with Crippen molar-refractivity contribution in [3.63, 3.8) is 0 Å². The molecule has 10 heavy (non-hydrogen) atoms. The third kappa shape index (κ3) is 10.4. The molecule has 0 bridgehead atoms. The van der Waals surface area contributed by atoms with Crippen molar-refractivity contribution in [1.82, 2.24) is 0 Å². The summed E-state index contributed by atoms with van der Waals surface area (Å²) >= 11 is 0. The van der Waals surface area contributed by atoms with E-state index in [1.165, 1.54) is 0 Å². The maximum Gasteiger partial charge on any atom is 0.331 e. The highest BCUT2D eigenvalue weighted by Gasteiger charge is 1.94. The molecule has 0 saturated carbocycles. The Labute approximate surface area is 59.7 Å². The zero-order valence-electron chi connectivity index (χ0n) is 6.00. The number of carbonyl (C=O) groups excluding carboxylic acids is 1. The maximum absolute atomic E-state index is 9.94. The van der Waals surface area contributed by atoms with Crippen LogP contribution in [0.3, 0.4) is 0 Å². The summed E-state index contributed by atoms with van der Waals surface area (Å²) in [6, 6.07) is 0. The molecule has 60 valence electrons. The lowest BCUT2D eigenvalue weighted by Crippen LogP contribution is -2.07. The predicted molar refractivity (Wildman–Crippen MR) is 34.5 cm³/mol. The summed E-state index contributed by atoms with van der Waals surface area (Å²) in [7, 11) is 0. The van der Waals surface area contributed by atoms with E-state index in [0.29, 0.717) is 6.61 Å². The zero-order valence-corrected chi connectivity index (χ0v) is 6.00. The molecule has 1 rings (SSSR count). The Morgan fingerprint density at radius 1 is 1.70 bits per heavy atom. The lowest BCUT2D eigenvalue weighted by molar-refractivity contribution is -0.146. The van der Waals surface area contributed by atoms with Crippen LogP contribution in [-0.4, -0.2) is 37.5 Å². The van der Waals surface area contributed by atoms with E-state index in [9.17, 15) is 4.79 Å². The number of epoxide rings is 1. The normalized spacial score (nSPS) is 13.0. The summed E-state index contributed by atoms with van der Waals surface area (Å²) in [5.41, 5.74) is 0. The first-order chi connectivity index (χ1) is 4.81. The summed E-state index contributed by atoms with van der Waals surface area (Å²) in [4.78, 5) is 9.94. The first-order valence-corrected chi connectivity index (χ1v) is 3.15. The van der Waals surface area contributed by atoms with E-state index in [0.717, 1.165) is 13.2 Å². The molecule has 0 radical (unpaired) electrons. The van der Waals surface area contributed by atoms with Crippen molar-refractivity contribution >= 4 is 5.97 Å². The lowest BCUT2D eigenvalue weighted by Gasteiger charge is -1.93. The van der Waals surface area contributed by atoms with Gasteiger partial charge in [-0.1, -0.05) is 0 Å². The monoisotopic (exact) mass is 148 g/mol. The van der Waals surface area contributed by atoms with Crippen molar-refractivity contribution < 1.29 is 19.4 Å². The van der Waals surface area contributed by atoms with Crippen LogP contribution in [-0.2, 0) is 14.3 Å². The fraction of sp³-hybridized carbons (Fsp3) is 0.833. The van der Waals surface area contributed by atoms with Crippen LogP contribution < -0.4 is 0 Å². The van der Waals surface area contributed by atoms with Gasteiger partial charge in [-0.15, -0.1) is 0 Å². The van der Waals surface area contributed by atoms with Gasteiger partial charge in [0.25, 0.3) is 0 Å². The average molecular weight is 148 g/mol. The van der Waals surface area contributed by atoms with Crippen molar-refractivity contribution in [3.05, 3.63) is 0 Å². The van der Waals surface area contributed by atoms with Crippen LogP contribution in [0, 0.1) is 0 Å². The van der Waals surface area contributed by atoms with Gasteiger partial charge in [-0.2, -0.15) is 0 Å². The molecule has 0 aromatic rings. The zero-order chi connectivity index (χ0) is 7.82. The van der Waals surface area contributed by atoms with Gasteiger partial charge in [0.15, 0.2) is 0 Å². The van der Waals surface area contributed by atoms with Gasteiger partial charge in [0.05, 0.1) is 19.8 Å². The number of carbonyl (C=O) groups is 1. The highest BCUT2D eigenvalue weighted by Crippen LogP contribution is 1.84. The SMILES string of the molecule is C1CO1.CCOC(=O)CO. The molecule has 1 aliphatic heterocycles. The molecule has 1 N–H and O–H groups in total. The van der Waals surface area contributed by atoms with Crippen LogP contribution in [0.25, 0.3) is 0 Å². The van der Waals surface area contributed by atoms with Crippen LogP contribution >= 0.6 is 0 Å². The largest absolute Gasteiger partial charge is 0.464 e. The maximum atomic E-state index is 9.94. The minimum Gasteiger partial charge on any atom is -0.464 e. The first-order valence-electron chi connectivity index (χ1n) is 3.15. The number of hydrogen-bond donors (Lipinski definition) is 1. The molecule has 0 unspecified atom stereocenters. The van der Waals surface area contributed by atoms with Gasteiger partial charge in [-0.05, 0) is 6.92 Å². The van der Waals surface area contributed by atoms with Gasteiger partial charge in [-0.3, -0.25) is 0 Å². The predicted octanol–water partition coefficient (Wildman–Crippen LogP) is -0.442. The highest BCUT2D eigenvalue weighted by molar-refractivity contribution is 5.70. The highest BCUT2D eigenvalue weighted by atomic mass is 16.6. The molecular weight excluding hydrogens is 136 g/mol. The molecule has 0 spiro atoms. The molecule has 0 aromatic heterocycles. The van der Waals surface area contributed by atoms with Crippen LogP contribution in [0.1, 0.15) is 6.92 Å². The molecule has 0 atom stereocenters. The van der Waals surface area contributed by atoms with Gasteiger partial charge < -0.3 is 14.6 Å². The van der Waals surface area contributed by atoms with Crippen LogP contribution in [0.2, 0.25) is 0 Å². The van der Waals surface area contributed by atoms with Crippen LogP contribution in [0.5, 0.6) is 0 Å². The second kappa shape index (κ2) is 6.51. The quantitative estimate of drug-likeness (QED) is 0.426. The van der Waals surface area contributed by atoms with E-state index in [2.05, 4.69) is 9.47 Å². The fourth-order valence-corrected chi connectivity index (χ4v) is 0.207. The number of rotatable bonds is 2. The second-order valence-electron chi connectivity index (χ2n) is 1.58. The lowest BCUT2D eigenvalue weighted by atomic mass is 10.7. The molecule has 4 heteroatoms. The Morgan fingerprint density at radius 2 is 2.20 bits per heavy atom. The van der Waals surface area contributed by atoms with E-state index < -0.39 is 12.6 Å². The molecule has 0 aliphatic carbocycles. The number of hydrogen-bond acceptors (Lipinski definition) is 4. The van der Waals surface area contributed by atoms with E-state index in [1.807, 2.05) is 0 Å². The number of esters is 1. The Balaban J connectivity index is 0.000000219. The summed E-state index contributed by atoms with van der Waals surface area (Å²) in [5, 5.41) is 7.99. The van der Waals surface area contributed by atoms with Crippen LogP contribution in [0.15, 0.2) is 0 Å². The first kappa shape index (κ1) is 9.39. The minimum atomic E-state index is -0.567. The number of ether oxygens (including phenoxy) is 2. The van der Waals surface area contributed by atoms with E-state index >= 15 is 0 Å². The summed E-state index contributed by atoms with van der Waals surface area (Å²) in [6.07, 6.45) is 0. The molecule has 1 aliphatic rings. The van der Waals surface area contributed by atoms with Crippen molar-refractivity contribution in [1.29, 1.82) is 0 Å². The van der Waals surface area contributed by atoms with Crippen molar-refractivity contribution in [3.8, 4) is 0 Å². The van der Waals surface area contributed by atoms with E-state index in [-0.39, 0.29) is 0 Å². The third-order valence-electron chi connectivity index (χ3n) is 0.639. The standard InChI is InChI=1S/C4H8O3.C2H4O/c1-2-7-4(6)3-5;1-2-3-1/h5H,2-3H2,1H3;1-2H2. The van der Waals surface area contributed by atoms with Gasteiger partial charge >= 0.3 is 5.97 Å².